The van der Waals surface area contributed by atoms with Crippen LogP contribution in [-0.4, -0.2) is 94.3 Å². The van der Waals surface area contributed by atoms with E-state index in [-0.39, 0.29) is 66.2 Å². The molecule has 370 valence electrons. The summed E-state index contributed by atoms with van der Waals surface area (Å²) in [6.07, 6.45) is 13.6. The minimum absolute atomic E-state index is 0. The number of aliphatic imine (C=N–C) groups is 2. The van der Waals surface area contributed by atoms with Crippen LogP contribution in [0.15, 0.2) is 64.6 Å². The summed E-state index contributed by atoms with van der Waals surface area (Å²) >= 11 is 9.54. The van der Waals surface area contributed by atoms with Crippen LogP contribution >= 0.6 is 98.4 Å². The third-order valence-corrected chi connectivity index (χ3v) is 8.23. The maximum absolute atomic E-state index is 11.4. The molecule has 0 radical (unpaired) electrons. The van der Waals surface area contributed by atoms with E-state index in [1.807, 2.05) is 26.0 Å². The van der Waals surface area contributed by atoms with Crippen molar-refractivity contribution >= 4 is 123 Å². The molecule has 3 rings (SSSR count). The van der Waals surface area contributed by atoms with Gasteiger partial charge >= 0.3 is 62.5 Å². The van der Waals surface area contributed by atoms with E-state index < -0.39 is 6.09 Å². The van der Waals surface area contributed by atoms with E-state index in [0.717, 1.165) is 80.0 Å². The van der Waals surface area contributed by atoms with Crippen molar-refractivity contribution < 1.29 is 72.5 Å². The van der Waals surface area contributed by atoms with Crippen molar-refractivity contribution in [2.75, 3.05) is 39.5 Å². The topological polar surface area (TPSA) is 245 Å². The second-order valence-corrected chi connectivity index (χ2v) is 29.5. The summed E-state index contributed by atoms with van der Waals surface area (Å²) in [7, 11) is 0. The molecule has 0 atom stereocenters. The minimum Gasteiger partial charge on any atom is -0.504 e. The number of phenols is 5. The van der Waals surface area contributed by atoms with Crippen molar-refractivity contribution in [2.24, 2.45) is 9.98 Å². The fraction of sp³-hybridized carbons (Fsp3) is 0.500. The fourth-order valence-corrected chi connectivity index (χ4v) is 4.77. The number of alkyl carbamates (subject to hydrolysis) is 1. The molecule has 0 aliphatic rings. The Morgan fingerprint density at radius 3 is 1.52 bits per heavy atom. The average molecular weight is 1590 g/mol. The van der Waals surface area contributed by atoms with Gasteiger partial charge in [0.15, 0.2) is 23.0 Å². The van der Waals surface area contributed by atoms with Crippen LogP contribution in [0, 0.1) is 6.92 Å². The van der Waals surface area contributed by atoms with Gasteiger partial charge in [0.2, 0.25) is 12.2 Å². The summed E-state index contributed by atoms with van der Waals surface area (Å²) < 4.78 is 10.1. The minimum atomic E-state index is -0.425. The zero-order chi connectivity index (χ0) is 48.8. The Morgan fingerprint density at radius 2 is 1.09 bits per heavy atom. The Bertz CT molecular complexity index is 1650. The van der Waals surface area contributed by atoms with E-state index in [0.29, 0.717) is 70.9 Å². The maximum Gasteiger partial charge on any atom is 0.234 e. The molecule has 0 saturated carbocycles. The molecule has 21 heteroatoms. The number of aliphatic hydroxyl groups excluding tert-OH is 1. The van der Waals surface area contributed by atoms with Gasteiger partial charge in [0.25, 0.3) is 0 Å². The summed E-state index contributed by atoms with van der Waals surface area (Å²) in [6.45, 7) is 8.41. The summed E-state index contributed by atoms with van der Waals surface area (Å²) in [5.41, 5.74) is 3.45. The van der Waals surface area contributed by atoms with Crippen LogP contribution in [0.4, 0.5) is 4.79 Å². The molecule has 0 unspecified atom stereocenters. The first-order valence-electron chi connectivity index (χ1n) is 20.4. The number of hydrogen-bond acceptors (Lipinski definition) is 14. The predicted octanol–water partition coefficient (Wildman–Crippen LogP) is 8.55. The molecule has 0 fully saturated rings. The first-order chi connectivity index (χ1) is 30.8. The van der Waals surface area contributed by atoms with Crippen LogP contribution in [-0.2, 0) is 43.1 Å². The van der Waals surface area contributed by atoms with E-state index in [2.05, 4.69) is 96.7 Å². The van der Waals surface area contributed by atoms with E-state index in [9.17, 15) is 29.4 Å². The number of aromatic hydroxyl groups is 5. The van der Waals surface area contributed by atoms with Gasteiger partial charge in [-0.25, -0.2) is 24.4 Å². The number of nitrogens with zero attached hydrogens (tertiary/aromatic N) is 2. The van der Waals surface area contributed by atoms with E-state index in [4.69, 9.17) is 29.9 Å². The fourth-order valence-electron chi connectivity index (χ4n) is 4.77. The Labute approximate surface area is 454 Å². The Hall–Kier alpha value is -1.50. The SMILES string of the molecule is CCCCCC(=O)OCCc1ccc(C)c(O)c1.CCCCNC(=O)OCCc1ccc(O)c(O)c1.I.II.I[I-]I.O=C=NCCCCCCN=C=O.OCCc1ccc(O)c(O)c1. The molecule has 0 saturated heterocycles. The number of carbonyl (C=O) groups is 2. The van der Waals surface area contributed by atoms with Crippen LogP contribution in [0.1, 0.15) is 100 Å². The zero-order valence-corrected chi connectivity index (χ0v) is 50.1. The van der Waals surface area contributed by atoms with Gasteiger partial charge in [-0.15, -0.1) is 24.0 Å². The Morgan fingerprint density at radius 1 is 0.646 bits per heavy atom. The molecule has 1 amide bonds. The molecular formula is C44H64I6N3O12-. The number of rotatable bonds is 22. The van der Waals surface area contributed by atoms with E-state index in [1.165, 1.54) is 36.4 Å². The summed E-state index contributed by atoms with van der Waals surface area (Å²) in [6, 6.07) is 14.6. The van der Waals surface area contributed by atoms with Gasteiger partial charge in [0, 0.05) is 69.6 Å². The Kier molecular flexibility index (Phi) is 55.9. The third kappa shape index (κ3) is 44.7. The number of halogens is 6. The van der Waals surface area contributed by atoms with Crippen molar-refractivity contribution in [1.82, 2.24) is 5.32 Å². The molecule has 3 aromatic carbocycles. The second-order valence-electron chi connectivity index (χ2n) is 13.2. The summed E-state index contributed by atoms with van der Waals surface area (Å²) in [5.74, 6) is -0.430. The van der Waals surface area contributed by atoms with Gasteiger partial charge in [0.05, 0.1) is 26.3 Å². The van der Waals surface area contributed by atoms with Gasteiger partial charge in [-0.1, -0.05) is 70.2 Å². The summed E-state index contributed by atoms with van der Waals surface area (Å²) in [5, 5.41) is 57.0. The number of benzene rings is 3. The molecule has 0 bridgehead atoms. The number of phenolic OH excluding ortho intramolecular Hbond substituents is 5. The number of unbranched alkanes of at least 4 members (excludes halogenated alkanes) is 6. The zero-order valence-electron chi connectivity index (χ0n) is 37.0. The molecule has 3 aromatic rings. The number of nitrogens with one attached hydrogen (secondary N) is 1. The number of aliphatic hydroxyl groups is 1. The molecule has 0 aliphatic carbocycles. The quantitative estimate of drug-likeness (QED) is 0.0125. The van der Waals surface area contributed by atoms with Crippen LogP contribution in [0.3, 0.4) is 0 Å². The number of isocyanates is 2. The van der Waals surface area contributed by atoms with Crippen molar-refractivity contribution in [3.8, 4) is 28.7 Å². The second kappa shape index (κ2) is 51.9. The normalized spacial score (nSPS) is 9.29. The molecule has 0 aliphatic heterocycles. The first-order valence-corrected chi connectivity index (χ1v) is 39.2. The molecule has 0 heterocycles. The van der Waals surface area contributed by atoms with Crippen molar-refractivity contribution in [1.29, 1.82) is 0 Å². The average Bonchev–Trinajstić information content (AvgIpc) is 3.28. The number of amides is 1. The van der Waals surface area contributed by atoms with Gasteiger partial charge < -0.3 is 45.4 Å². The smallest absolute Gasteiger partial charge is 0.234 e. The van der Waals surface area contributed by atoms with Crippen molar-refractivity contribution in [3.05, 3.63) is 76.9 Å². The number of ether oxygens (including phenoxy) is 2. The third-order valence-electron chi connectivity index (χ3n) is 8.23. The number of esters is 1. The standard InChI is InChI=1S/C15H22O3.C13H19NO4.C8H12N2O2.C8H10O3.I3.I2.HI/c1-3-4-5-6-15(17)18-10-9-13-8-7-12(2)14(16)11-13;1-2-3-7-14-13(17)18-8-6-10-4-5-11(15)12(16)9-10;11-7-9-5-3-1-2-4-6-10-8-12;9-4-3-6-1-2-7(10)8(11)5-6;1-3-2;1-2;/h7-8,11,16H,3-6,9-10H2,1-2H3;4-5,9,15-16H,2-3,6-8H2,1H3,(H,14,17);1-6H2;1-2,5,9-11H,3-4H2;;;1H/q;;;;-1;;. The van der Waals surface area contributed by atoms with Crippen LogP contribution in [0.5, 0.6) is 28.7 Å². The monoisotopic (exact) mass is 1590 g/mol. The molecule has 0 spiro atoms. The molecule has 15 nitrogen and oxygen atoms in total. The molecule has 65 heavy (non-hydrogen) atoms. The number of carbonyl (C=O) groups excluding carboxylic acids is 4. The van der Waals surface area contributed by atoms with E-state index in [1.54, 1.807) is 18.2 Å². The van der Waals surface area contributed by atoms with Gasteiger partial charge in [-0.2, -0.15) is 0 Å². The summed E-state index contributed by atoms with van der Waals surface area (Å²) in [4.78, 5) is 48.7. The number of aryl methyl sites for hydroxylation is 1. The van der Waals surface area contributed by atoms with Crippen molar-refractivity contribution in [2.45, 2.75) is 104 Å². The first kappa shape index (κ1) is 70.1. The van der Waals surface area contributed by atoms with Crippen molar-refractivity contribution in [3.63, 3.8) is 0 Å². The van der Waals surface area contributed by atoms with Gasteiger partial charge in [0.1, 0.15) is 5.75 Å². The maximum atomic E-state index is 11.4. The van der Waals surface area contributed by atoms with Gasteiger partial charge in [-0.05, 0) is 91.6 Å². The largest absolute Gasteiger partial charge is 0.504 e. The molecule has 0 aromatic heterocycles. The molecule has 7 N–H and O–H groups in total. The Balaban J connectivity index is -0.000000374. The van der Waals surface area contributed by atoms with Crippen LogP contribution < -0.4 is 18.6 Å². The predicted molar refractivity (Wildman–Crippen MR) is 296 cm³/mol. The van der Waals surface area contributed by atoms with Crippen LogP contribution in [0.2, 0.25) is 0 Å². The van der Waals surface area contributed by atoms with Crippen LogP contribution in [0.25, 0.3) is 0 Å². The van der Waals surface area contributed by atoms with Gasteiger partial charge in [-0.3, -0.25) is 4.79 Å². The number of hydrogen-bond donors (Lipinski definition) is 7. The molecular weight excluding hydrogens is 1520 g/mol. The van der Waals surface area contributed by atoms with E-state index >= 15 is 0 Å².